The molecule has 0 aromatic heterocycles. The second-order valence-corrected chi connectivity index (χ2v) is 6.57. The quantitative estimate of drug-likeness (QED) is 0.920. The molecule has 0 radical (unpaired) electrons. The number of nitrogens with two attached hydrogens (primary N) is 1. The minimum atomic E-state index is -0.221. The summed E-state index contributed by atoms with van der Waals surface area (Å²) < 4.78 is 13.8. The maximum absolute atomic E-state index is 13.8. The van der Waals surface area contributed by atoms with Gasteiger partial charge in [-0.25, -0.2) is 4.39 Å². The van der Waals surface area contributed by atoms with E-state index >= 15 is 0 Å². The van der Waals surface area contributed by atoms with Gasteiger partial charge in [0.15, 0.2) is 0 Å². The van der Waals surface area contributed by atoms with E-state index in [1.54, 1.807) is 12.1 Å². The summed E-state index contributed by atoms with van der Waals surface area (Å²) >= 11 is 6.11. The molecule has 1 fully saturated rings. The molecular formula is C15H22ClFN2. The summed E-state index contributed by atoms with van der Waals surface area (Å²) in [4.78, 5) is 2.36. The number of hydrogen-bond acceptors (Lipinski definition) is 2. The molecule has 1 heterocycles. The van der Waals surface area contributed by atoms with E-state index in [9.17, 15) is 4.39 Å². The van der Waals surface area contributed by atoms with Crippen LogP contribution in [0.15, 0.2) is 18.2 Å². The van der Waals surface area contributed by atoms with E-state index in [-0.39, 0.29) is 11.4 Å². The fourth-order valence-corrected chi connectivity index (χ4v) is 3.06. The number of rotatable bonds is 4. The molecule has 1 aliphatic heterocycles. The van der Waals surface area contributed by atoms with Gasteiger partial charge in [-0.05, 0) is 51.8 Å². The first-order valence-electron chi connectivity index (χ1n) is 6.82. The Labute approximate surface area is 119 Å². The van der Waals surface area contributed by atoms with E-state index in [4.69, 9.17) is 17.3 Å². The summed E-state index contributed by atoms with van der Waals surface area (Å²) in [5.41, 5.74) is 6.50. The molecule has 4 heteroatoms. The van der Waals surface area contributed by atoms with Gasteiger partial charge in [0.2, 0.25) is 0 Å². The summed E-state index contributed by atoms with van der Waals surface area (Å²) in [5, 5.41) is 0.527. The Bertz CT molecular complexity index is 422. The van der Waals surface area contributed by atoms with E-state index in [1.165, 1.54) is 6.07 Å². The van der Waals surface area contributed by atoms with Crippen LogP contribution in [0.2, 0.25) is 5.02 Å². The van der Waals surface area contributed by atoms with Crippen molar-refractivity contribution in [3.63, 3.8) is 0 Å². The predicted molar refractivity (Wildman–Crippen MR) is 78.0 cm³/mol. The molecule has 106 valence electrons. The molecule has 2 N–H and O–H groups in total. The topological polar surface area (TPSA) is 29.3 Å². The van der Waals surface area contributed by atoms with Crippen molar-refractivity contribution >= 4 is 11.6 Å². The van der Waals surface area contributed by atoms with Gasteiger partial charge in [0.05, 0.1) is 0 Å². The first-order valence-corrected chi connectivity index (χ1v) is 7.20. The lowest BCUT2D eigenvalue weighted by molar-refractivity contribution is 0.207. The van der Waals surface area contributed by atoms with E-state index < -0.39 is 0 Å². The van der Waals surface area contributed by atoms with Crippen LogP contribution in [0.25, 0.3) is 0 Å². The third-order valence-electron chi connectivity index (χ3n) is 3.61. The highest BCUT2D eigenvalue weighted by molar-refractivity contribution is 6.31. The Morgan fingerprint density at radius 1 is 1.47 bits per heavy atom. The van der Waals surface area contributed by atoms with Gasteiger partial charge in [0.25, 0.3) is 0 Å². The van der Waals surface area contributed by atoms with Gasteiger partial charge in [-0.1, -0.05) is 17.7 Å². The first kappa shape index (κ1) is 14.8. The zero-order chi connectivity index (χ0) is 14.0. The van der Waals surface area contributed by atoms with Gasteiger partial charge in [-0.15, -0.1) is 0 Å². The predicted octanol–water partition coefficient (Wildman–Crippen LogP) is 3.22. The molecule has 0 aliphatic carbocycles. The first-order chi connectivity index (χ1) is 8.87. The fourth-order valence-electron chi connectivity index (χ4n) is 2.82. The second-order valence-electron chi connectivity index (χ2n) is 6.16. The lowest BCUT2D eigenvalue weighted by atomic mass is 10.0. The molecule has 19 heavy (non-hydrogen) atoms. The van der Waals surface area contributed by atoms with Gasteiger partial charge in [0, 0.05) is 28.7 Å². The Hall–Kier alpha value is -0.640. The number of halogens is 2. The smallest absolute Gasteiger partial charge is 0.127 e. The van der Waals surface area contributed by atoms with Crippen LogP contribution in [0.3, 0.4) is 0 Å². The molecule has 2 rings (SSSR count). The second kappa shape index (κ2) is 5.78. The van der Waals surface area contributed by atoms with Crippen molar-refractivity contribution in [2.24, 2.45) is 5.73 Å². The Morgan fingerprint density at radius 2 is 2.21 bits per heavy atom. The van der Waals surface area contributed by atoms with Crippen molar-refractivity contribution in [2.45, 2.75) is 44.7 Å². The molecule has 0 amide bonds. The summed E-state index contributed by atoms with van der Waals surface area (Å²) in [6, 6.07) is 5.23. The van der Waals surface area contributed by atoms with Crippen molar-refractivity contribution in [3.8, 4) is 0 Å². The zero-order valence-corrected chi connectivity index (χ0v) is 12.4. The van der Waals surface area contributed by atoms with Gasteiger partial charge < -0.3 is 5.73 Å². The van der Waals surface area contributed by atoms with Crippen LogP contribution in [-0.2, 0) is 6.42 Å². The van der Waals surface area contributed by atoms with Crippen molar-refractivity contribution < 1.29 is 4.39 Å². The Morgan fingerprint density at radius 3 is 2.84 bits per heavy atom. The Kier molecular flexibility index (Phi) is 4.49. The highest BCUT2D eigenvalue weighted by Crippen LogP contribution is 2.27. The normalized spacial score (nSPS) is 21.0. The summed E-state index contributed by atoms with van der Waals surface area (Å²) in [5.74, 6) is -0.202. The summed E-state index contributed by atoms with van der Waals surface area (Å²) in [7, 11) is 0. The maximum atomic E-state index is 13.8. The van der Waals surface area contributed by atoms with Crippen molar-refractivity contribution in [3.05, 3.63) is 34.6 Å². The van der Waals surface area contributed by atoms with E-state index in [0.29, 0.717) is 23.0 Å². The molecule has 0 bridgehead atoms. The minimum Gasteiger partial charge on any atom is -0.324 e. The van der Waals surface area contributed by atoms with Crippen LogP contribution < -0.4 is 5.73 Å². The molecule has 1 aromatic rings. The molecule has 1 aliphatic rings. The monoisotopic (exact) mass is 284 g/mol. The van der Waals surface area contributed by atoms with Gasteiger partial charge >= 0.3 is 0 Å². The van der Waals surface area contributed by atoms with Crippen molar-refractivity contribution in [1.82, 2.24) is 4.90 Å². The molecular weight excluding hydrogens is 263 g/mol. The summed E-state index contributed by atoms with van der Waals surface area (Å²) in [6.07, 6.45) is 2.90. The fraction of sp³-hybridized carbons (Fsp3) is 0.600. The average Bonchev–Trinajstić information content (AvgIpc) is 2.69. The third-order valence-corrected chi connectivity index (χ3v) is 3.97. The van der Waals surface area contributed by atoms with Crippen LogP contribution in [0.4, 0.5) is 4.39 Å². The maximum Gasteiger partial charge on any atom is 0.127 e. The van der Waals surface area contributed by atoms with Crippen LogP contribution in [0.5, 0.6) is 0 Å². The number of nitrogens with zero attached hydrogens (tertiary/aromatic N) is 1. The molecule has 0 saturated carbocycles. The zero-order valence-electron chi connectivity index (χ0n) is 11.6. The molecule has 1 atom stereocenters. The highest BCUT2D eigenvalue weighted by atomic mass is 35.5. The number of benzene rings is 1. The van der Waals surface area contributed by atoms with Crippen molar-refractivity contribution in [2.75, 3.05) is 13.1 Å². The Balaban J connectivity index is 2.09. The van der Waals surface area contributed by atoms with Crippen LogP contribution in [0, 0.1) is 5.82 Å². The number of hydrogen-bond donors (Lipinski definition) is 1. The lowest BCUT2D eigenvalue weighted by Gasteiger charge is -2.31. The molecule has 1 saturated heterocycles. The van der Waals surface area contributed by atoms with E-state index in [0.717, 1.165) is 25.9 Å². The largest absolute Gasteiger partial charge is 0.324 e. The van der Waals surface area contributed by atoms with Crippen molar-refractivity contribution in [1.29, 1.82) is 0 Å². The van der Waals surface area contributed by atoms with E-state index in [1.807, 2.05) is 13.8 Å². The molecule has 1 unspecified atom stereocenters. The third kappa shape index (κ3) is 3.91. The standard InChI is InChI=1S/C15H22ClFN2/c1-15(2,18)10-19-8-4-5-11(19)9-12-13(16)6-3-7-14(12)17/h3,6-7,11H,4-5,8-10,18H2,1-2H3. The van der Waals surface area contributed by atoms with Crippen LogP contribution in [-0.4, -0.2) is 29.6 Å². The summed E-state index contributed by atoms with van der Waals surface area (Å²) in [6.45, 7) is 5.93. The molecule has 1 aromatic carbocycles. The molecule has 2 nitrogen and oxygen atoms in total. The lowest BCUT2D eigenvalue weighted by Crippen LogP contribution is -2.47. The number of likely N-dealkylation sites (tertiary alicyclic amines) is 1. The van der Waals surface area contributed by atoms with Crippen LogP contribution in [0.1, 0.15) is 32.3 Å². The van der Waals surface area contributed by atoms with Crippen LogP contribution >= 0.6 is 11.6 Å². The minimum absolute atomic E-state index is 0.202. The van der Waals surface area contributed by atoms with E-state index in [2.05, 4.69) is 4.90 Å². The highest BCUT2D eigenvalue weighted by Gasteiger charge is 2.29. The molecule has 0 spiro atoms. The van der Waals surface area contributed by atoms with Gasteiger partial charge in [0.1, 0.15) is 5.82 Å². The SMILES string of the molecule is CC(C)(N)CN1CCCC1Cc1c(F)cccc1Cl. The average molecular weight is 285 g/mol. The van der Waals surface area contributed by atoms with Gasteiger partial charge in [-0.2, -0.15) is 0 Å². The van der Waals surface area contributed by atoms with Gasteiger partial charge in [-0.3, -0.25) is 4.90 Å².